The van der Waals surface area contributed by atoms with Crippen LogP contribution in [-0.2, 0) is 4.79 Å². The first-order valence-corrected chi connectivity index (χ1v) is 7.38. The van der Waals surface area contributed by atoms with Gasteiger partial charge >= 0.3 is 5.97 Å². The summed E-state index contributed by atoms with van der Waals surface area (Å²) in [6.07, 6.45) is 10.9. The molecule has 1 N–H and O–H groups in total. The van der Waals surface area contributed by atoms with Gasteiger partial charge in [0, 0.05) is 0 Å². The molecule has 1 aliphatic rings. The number of carboxylic acids is 1. The van der Waals surface area contributed by atoms with Crippen molar-refractivity contribution >= 4 is 5.97 Å². The summed E-state index contributed by atoms with van der Waals surface area (Å²) in [5.41, 5.74) is -0.376. The SMILES string of the molecule is CCCCCC1(C(=O)O)CCC(CCC)CC1. The van der Waals surface area contributed by atoms with E-state index in [0.29, 0.717) is 0 Å². The second-order valence-electron chi connectivity index (χ2n) is 5.77. The molecule has 0 spiro atoms. The summed E-state index contributed by atoms with van der Waals surface area (Å²) in [6.45, 7) is 4.39. The van der Waals surface area contributed by atoms with Gasteiger partial charge in [0.2, 0.25) is 0 Å². The Balaban J connectivity index is 2.48. The molecule has 0 bridgehead atoms. The smallest absolute Gasteiger partial charge is 0.309 e. The van der Waals surface area contributed by atoms with Gasteiger partial charge in [-0.2, -0.15) is 0 Å². The summed E-state index contributed by atoms with van der Waals surface area (Å²) in [4.78, 5) is 11.5. The van der Waals surface area contributed by atoms with E-state index in [1.54, 1.807) is 0 Å². The van der Waals surface area contributed by atoms with Crippen LogP contribution < -0.4 is 0 Å². The third-order valence-electron chi connectivity index (χ3n) is 4.47. The van der Waals surface area contributed by atoms with Gasteiger partial charge in [-0.05, 0) is 38.0 Å². The number of hydrogen-bond donors (Lipinski definition) is 1. The molecule has 0 saturated heterocycles. The van der Waals surface area contributed by atoms with Crippen molar-refractivity contribution in [2.24, 2.45) is 11.3 Å². The van der Waals surface area contributed by atoms with Crippen LogP contribution in [0.5, 0.6) is 0 Å². The lowest BCUT2D eigenvalue weighted by Crippen LogP contribution is -2.35. The van der Waals surface area contributed by atoms with Crippen LogP contribution in [0.1, 0.15) is 78.1 Å². The largest absolute Gasteiger partial charge is 0.481 e. The van der Waals surface area contributed by atoms with E-state index >= 15 is 0 Å². The van der Waals surface area contributed by atoms with E-state index in [2.05, 4.69) is 13.8 Å². The standard InChI is InChI=1S/C15H28O2/c1-3-5-6-10-15(14(16)17)11-8-13(7-4-2)9-12-15/h13H,3-12H2,1-2H3,(H,16,17). The topological polar surface area (TPSA) is 37.3 Å². The highest BCUT2D eigenvalue weighted by atomic mass is 16.4. The minimum absolute atomic E-state index is 0.376. The van der Waals surface area contributed by atoms with E-state index in [-0.39, 0.29) is 5.41 Å². The number of carboxylic acid groups (broad SMARTS) is 1. The fourth-order valence-electron chi connectivity index (χ4n) is 3.21. The Labute approximate surface area is 106 Å². The van der Waals surface area contributed by atoms with Crippen molar-refractivity contribution in [2.45, 2.75) is 78.1 Å². The Morgan fingerprint density at radius 1 is 1.18 bits per heavy atom. The molecule has 100 valence electrons. The number of carbonyl (C=O) groups is 1. The maximum absolute atomic E-state index is 11.5. The Morgan fingerprint density at radius 3 is 2.29 bits per heavy atom. The van der Waals surface area contributed by atoms with Gasteiger partial charge in [0.05, 0.1) is 5.41 Å². The van der Waals surface area contributed by atoms with Crippen LogP contribution in [0.2, 0.25) is 0 Å². The van der Waals surface area contributed by atoms with Crippen molar-refractivity contribution in [1.29, 1.82) is 0 Å². The number of rotatable bonds is 7. The molecule has 2 heteroatoms. The molecule has 0 aromatic carbocycles. The van der Waals surface area contributed by atoms with Crippen LogP contribution in [0.4, 0.5) is 0 Å². The predicted octanol–water partition coefficient (Wildman–Crippen LogP) is 4.63. The third-order valence-corrected chi connectivity index (χ3v) is 4.47. The lowest BCUT2D eigenvalue weighted by atomic mass is 9.67. The molecule has 0 heterocycles. The van der Waals surface area contributed by atoms with E-state index in [4.69, 9.17) is 0 Å². The summed E-state index contributed by atoms with van der Waals surface area (Å²) >= 11 is 0. The zero-order valence-corrected chi connectivity index (χ0v) is 11.5. The first-order chi connectivity index (χ1) is 8.14. The molecule has 0 aromatic heterocycles. The monoisotopic (exact) mass is 240 g/mol. The fourth-order valence-corrected chi connectivity index (χ4v) is 3.21. The van der Waals surface area contributed by atoms with Crippen molar-refractivity contribution in [3.8, 4) is 0 Å². The van der Waals surface area contributed by atoms with Crippen LogP contribution in [0.25, 0.3) is 0 Å². The number of unbranched alkanes of at least 4 members (excludes halogenated alkanes) is 2. The minimum atomic E-state index is -0.538. The Hall–Kier alpha value is -0.530. The predicted molar refractivity (Wildman–Crippen MR) is 71.1 cm³/mol. The van der Waals surface area contributed by atoms with Crippen LogP contribution in [0.15, 0.2) is 0 Å². The van der Waals surface area contributed by atoms with Gasteiger partial charge < -0.3 is 5.11 Å². The van der Waals surface area contributed by atoms with Gasteiger partial charge in [-0.15, -0.1) is 0 Å². The maximum Gasteiger partial charge on any atom is 0.309 e. The highest BCUT2D eigenvalue weighted by molar-refractivity contribution is 5.74. The number of hydrogen-bond acceptors (Lipinski definition) is 1. The zero-order chi connectivity index (χ0) is 12.7. The molecule has 0 amide bonds. The van der Waals surface area contributed by atoms with Gasteiger partial charge in [0.25, 0.3) is 0 Å². The van der Waals surface area contributed by atoms with Crippen molar-refractivity contribution in [1.82, 2.24) is 0 Å². The van der Waals surface area contributed by atoms with Gasteiger partial charge in [-0.3, -0.25) is 4.79 Å². The first-order valence-electron chi connectivity index (χ1n) is 7.38. The zero-order valence-electron chi connectivity index (χ0n) is 11.5. The molecule has 17 heavy (non-hydrogen) atoms. The Morgan fingerprint density at radius 2 is 1.82 bits per heavy atom. The highest BCUT2D eigenvalue weighted by Crippen LogP contribution is 2.44. The third kappa shape index (κ3) is 4.01. The van der Waals surface area contributed by atoms with Gasteiger partial charge in [-0.25, -0.2) is 0 Å². The lowest BCUT2D eigenvalue weighted by Gasteiger charge is -2.37. The molecule has 0 radical (unpaired) electrons. The second kappa shape index (κ2) is 7.03. The normalized spacial score (nSPS) is 29.2. The van der Waals surface area contributed by atoms with Gasteiger partial charge in [0.15, 0.2) is 0 Å². The average molecular weight is 240 g/mol. The quantitative estimate of drug-likeness (QED) is 0.659. The van der Waals surface area contributed by atoms with Crippen LogP contribution in [0.3, 0.4) is 0 Å². The molecular formula is C15H28O2. The summed E-state index contributed by atoms with van der Waals surface area (Å²) in [6, 6.07) is 0. The second-order valence-corrected chi connectivity index (χ2v) is 5.77. The summed E-state index contributed by atoms with van der Waals surface area (Å²) in [5.74, 6) is 0.252. The van der Waals surface area contributed by atoms with Crippen LogP contribution in [-0.4, -0.2) is 11.1 Å². The summed E-state index contributed by atoms with van der Waals surface area (Å²) in [7, 11) is 0. The van der Waals surface area contributed by atoms with Crippen LogP contribution in [0, 0.1) is 11.3 Å². The van der Waals surface area contributed by atoms with E-state index in [1.807, 2.05) is 0 Å². The molecule has 0 aromatic rings. The molecular weight excluding hydrogens is 212 g/mol. The molecule has 1 rings (SSSR count). The van der Waals surface area contributed by atoms with E-state index in [9.17, 15) is 9.90 Å². The molecule has 1 fully saturated rings. The van der Waals surface area contributed by atoms with Crippen molar-refractivity contribution < 1.29 is 9.90 Å². The molecule has 1 saturated carbocycles. The van der Waals surface area contributed by atoms with E-state index in [1.165, 1.54) is 25.7 Å². The van der Waals surface area contributed by atoms with Gasteiger partial charge in [0.1, 0.15) is 0 Å². The van der Waals surface area contributed by atoms with E-state index < -0.39 is 5.97 Å². The Kier molecular flexibility index (Phi) is 6.01. The summed E-state index contributed by atoms with van der Waals surface area (Å²) in [5, 5.41) is 9.50. The lowest BCUT2D eigenvalue weighted by molar-refractivity contribution is -0.152. The van der Waals surface area contributed by atoms with Gasteiger partial charge in [-0.1, -0.05) is 46.0 Å². The molecule has 1 aliphatic carbocycles. The first kappa shape index (κ1) is 14.5. The molecule has 0 unspecified atom stereocenters. The van der Waals surface area contributed by atoms with Crippen molar-refractivity contribution in [3.63, 3.8) is 0 Å². The average Bonchev–Trinajstić information content (AvgIpc) is 2.32. The maximum atomic E-state index is 11.5. The van der Waals surface area contributed by atoms with Crippen molar-refractivity contribution in [2.75, 3.05) is 0 Å². The number of aliphatic carboxylic acids is 1. The molecule has 0 aliphatic heterocycles. The van der Waals surface area contributed by atoms with Crippen LogP contribution >= 0.6 is 0 Å². The Bertz CT molecular complexity index is 227. The highest BCUT2D eigenvalue weighted by Gasteiger charge is 2.40. The molecule has 0 atom stereocenters. The fraction of sp³-hybridized carbons (Fsp3) is 0.933. The minimum Gasteiger partial charge on any atom is -0.481 e. The van der Waals surface area contributed by atoms with Crippen molar-refractivity contribution in [3.05, 3.63) is 0 Å². The van der Waals surface area contributed by atoms with E-state index in [0.717, 1.165) is 44.4 Å². The summed E-state index contributed by atoms with van der Waals surface area (Å²) < 4.78 is 0. The molecule has 2 nitrogen and oxygen atoms in total.